The van der Waals surface area contributed by atoms with Crippen LogP contribution in [0.5, 0.6) is 5.75 Å². The summed E-state index contributed by atoms with van der Waals surface area (Å²) in [6.45, 7) is 3.57. The van der Waals surface area contributed by atoms with Gasteiger partial charge in [-0.15, -0.1) is 0 Å². The van der Waals surface area contributed by atoms with Gasteiger partial charge in [-0.1, -0.05) is 18.2 Å². The van der Waals surface area contributed by atoms with Crippen LogP contribution in [0.2, 0.25) is 0 Å². The van der Waals surface area contributed by atoms with Crippen molar-refractivity contribution in [2.24, 2.45) is 5.73 Å². The van der Waals surface area contributed by atoms with Crippen LogP contribution in [0.4, 0.5) is 0 Å². The normalized spacial score (nSPS) is 21.8. The lowest BCUT2D eigenvalue weighted by Gasteiger charge is -2.13. The Bertz CT molecular complexity index is 733. The summed E-state index contributed by atoms with van der Waals surface area (Å²) in [5.74, 6) is 1.79. The predicted molar refractivity (Wildman–Crippen MR) is 96.1 cm³/mol. The zero-order chi connectivity index (χ0) is 19.3. The zero-order valence-corrected chi connectivity index (χ0v) is 15.3. The molecule has 8 heteroatoms. The van der Waals surface area contributed by atoms with Crippen LogP contribution in [0.25, 0.3) is 0 Å². The van der Waals surface area contributed by atoms with E-state index in [2.05, 4.69) is 10.1 Å². The Morgan fingerprint density at radius 2 is 2.04 bits per heavy atom. The van der Waals surface area contributed by atoms with Gasteiger partial charge in [-0.05, 0) is 25.8 Å². The molecule has 0 spiro atoms. The maximum Gasteiger partial charge on any atom is 0.300 e. The third kappa shape index (κ3) is 5.03. The molecule has 1 aromatic carbocycles. The minimum atomic E-state index is -0.833. The van der Waals surface area contributed by atoms with Gasteiger partial charge in [0.15, 0.2) is 0 Å². The van der Waals surface area contributed by atoms with Gasteiger partial charge in [-0.2, -0.15) is 5.10 Å². The lowest BCUT2D eigenvalue weighted by Crippen LogP contribution is -2.28. The molecule has 1 fully saturated rings. The summed E-state index contributed by atoms with van der Waals surface area (Å²) in [5, 5.41) is 21.8. The Labute approximate surface area is 152 Å². The largest absolute Gasteiger partial charge is 0.496 e. The number of rotatable bonds is 4. The number of carboxylic acids is 1. The van der Waals surface area contributed by atoms with E-state index in [9.17, 15) is 5.11 Å². The van der Waals surface area contributed by atoms with Gasteiger partial charge in [0, 0.05) is 24.4 Å². The Morgan fingerprint density at radius 3 is 2.62 bits per heavy atom. The second-order valence-electron chi connectivity index (χ2n) is 6.41. The lowest BCUT2D eigenvalue weighted by molar-refractivity contribution is -0.134. The van der Waals surface area contributed by atoms with Crippen LogP contribution in [-0.2, 0) is 11.3 Å². The molecule has 1 aliphatic carbocycles. The van der Waals surface area contributed by atoms with Crippen molar-refractivity contribution >= 4 is 5.97 Å². The number of carbonyl (C=O) groups is 1. The molecule has 4 N–H and O–H groups in total. The first-order chi connectivity index (χ1) is 12.3. The maximum atomic E-state index is 9.90. The summed E-state index contributed by atoms with van der Waals surface area (Å²) in [7, 11) is 1.67. The van der Waals surface area contributed by atoms with Crippen molar-refractivity contribution in [2.75, 3.05) is 7.11 Å². The highest BCUT2D eigenvalue weighted by atomic mass is 16.5. The first-order valence-electron chi connectivity index (χ1n) is 8.48. The van der Waals surface area contributed by atoms with Gasteiger partial charge in [-0.3, -0.25) is 4.79 Å². The van der Waals surface area contributed by atoms with E-state index < -0.39 is 12.1 Å². The Morgan fingerprint density at radius 1 is 1.38 bits per heavy atom. The van der Waals surface area contributed by atoms with Crippen LogP contribution in [0.15, 0.2) is 24.3 Å². The van der Waals surface area contributed by atoms with E-state index in [-0.39, 0.29) is 12.0 Å². The summed E-state index contributed by atoms with van der Waals surface area (Å²) in [4.78, 5) is 13.6. The molecule has 0 aliphatic heterocycles. The van der Waals surface area contributed by atoms with Crippen molar-refractivity contribution < 1.29 is 19.7 Å². The zero-order valence-electron chi connectivity index (χ0n) is 15.3. The van der Waals surface area contributed by atoms with E-state index in [0.29, 0.717) is 13.0 Å². The number of aliphatic hydroxyl groups excluding tert-OH is 1. The SMILES string of the molecule is CC(=O)O.COc1ccccc1Cn1nc(C)nc1[C@H]1C[C@@H](N)[C@H](O)C1. The molecule has 1 saturated carbocycles. The molecule has 0 bridgehead atoms. The number of nitrogens with two attached hydrogens (primary N) is 1. The number of nitrogens with zero attached hydrogens (tertiary/aromatic N) is 3. The second-order valence-corrected chi connectivity index (χ2v) is 6.41. The minimum absolute atomic E-state index is 0.154. The van der Waals surface area contributed by atoms with Crippen LogP contribution in [0, 0.1) is 6.92 Å². The Hall–Kier alpha value is -2.45. The number of benzene rings is 1. The molecule has 1 aliphatic rings. The highest BCUT2D eigenvalue weighted by molar-refractivity contribution is 5.62. The van der Waals surface area contributed by atoms with Crippen molar-refractivity contribution in [3.63, 3.8) is 0 Å². The first-order valence-corrected chi connectivity index (χ1v) is 8.48. The average Bonchev–Trinajstić information content (AvgIpc) is 3.10. The number of hydrogen-bond acceptors (Lipinski definition) is 6. The summed E-state index contributed by atoms with van der Waals surface area (Å²) < 4.78 is 7.31. The standard InChI is InChI=1S/C16H22N4O2.C2H4O2/c1-10-18-16(12-7-13(17)14(21)8-12)20(19-10)9-11-5-3-4-6-15(11)22-2;1-2(3)4/h3-6,12-14,21H,7-9,17H2,1-2H3;1H3,(H,3,4)/t12-,13+,14+;/m0./s1. The second kappa shape index (κ2) is 8.77. The van der Waals surface area contributed by atoms with E-state index >= 15 is 0 Å². The maximum absolute atomic E-state index is 9.90. The Balaban J connectivity index is 0.000000552. The van der Waals surface area contributed by atoms with Crippen LogP contribution >= 0.6 is 0 Å². The quantitative estimate of drug-likeness (QED) is 0.749. The molecule has 2 aromatic rings. The van der Waals surface area contributed by atoms with Gasteiger partial charge in [0.2, 0.25) is 0 Å². The topological polar surface area (TPSA) is 123 Å². The van der Waals surface area contributed by atoms with Crippen molar-refractivity contribution in [3.05, 3.63) is 41.5 Å². The van der Waals surface area contributed by atoms with Gasteiger partial charge >= 0.3 is 0 Å². The summed E-state index contributed by atoms with van der Waals surface area (Å²) in [6, 6.07) is 7.71. The van der Waals surface area contributed by atoms with Crippen LogP contribution in [0.3, 0.4) is 0 Å². The fraction of sp³-hybridized carbons (Fsp3) is 0.500. The molecule has 0 radical (unpaired) electrons. The van der Waals surface area contributed by atoms with E-state index in [0.717, 1.165) is 36.3 Å². The molecule has 3 atom stereocenters. The van der Waals surface area contributed by atoms with Crippen molar-refractivity contribution in [1.29, 1.82) is 0 Å². The predicted octanol–water partition coefficient (Wildman–Crippen LogP) is 1.30. The molecule has 1 aromatic heterocycles. The van der Waals surface area contributed by atoms with Gasteiger partial charge in [0.25, 0.3) is 5.97 Å². The molecule has 0 amide bonds. The van der Waals surface area contributed by atoms with E-state index in [1.807, 2.05) is 35.9 Å². The van der Waals surface area contributed by atoms with Crippen molar-refractivity contribution in [1.82, 2.24) is 14.8 Å². The molecule has 3 rings (SSSR count). The molecular formula is C18H26N4O4. The number of carboxylic acid groups (broad SMARTS) is 1. The molecule has 0 unspecified atom stereocenters. The van der Waals surface area contributed by atoms with Crippen LogP contribution in [0.1, 0.15) is 42.9 Å². The van der Waals surface area contributed by atoms with Crippen molar-refractivity contribution in [2.45, 2.75) is 51.3 Å². The van der Waals surface area contributed by atoms with E-state index in [4.69, 9.17) is 20.4 Å². The molecule has 142 valence electrons. The molecule has 8 nitrogen and oxygen atoms in total. The fourth-order valence-electron chi connectivity index (χ4n) is 3.14. The summed E-state index contributed by atoms with van der Waals surface area (Å²) in [5.41, 5.74) is 6.99. The monoisotopic (exact) mass is 362 g/mol. The molecular weight excluding hydrogens is 336 g/mol. The van der Waals surface area contributed by atoms with Crippen LogP contribution < -0.4 is 10.5 Å². The third-order valence-electron chi connectivity index (χ3n) is 4.26. The highest BCUT2D eigenvalue weighted by Crippen LogP contribution is 2.33. The minimum Gasteiger partial charge on any atom is -0.496 e. The fourth-order valence-corrected chi connectivity index (χ4v) is 3.14. The number of ether oxygens (including phenoxy) is 1. The lowest BCUT2D eigenvalue weighted by atomic mass is 10.1. The highest BCUT2D eigenvalue weighted by Gasteiger charge is 2.34. The number of aromatic nitrogens is 3. The van der Waals surface area contributed by atoms with E-state index in [1.54, 1.807) is 7.11 Å². The number of aliphatic carboxylic acids is 1. The van der Waals surface area contributed by atoms with Gasteiger partial charge < -0.3 is 20.7 Å². The summed E-state index contributed by atoms with van der Waals surface area (Å²) in [6.07, 6.45) is 0.929. The third-order valence-corrected chi connectivity index (χ3v) is 4.26. The molecule has 26 heavy (non-hydrogen) atoms. The number of para-hydroxylation sites is 1. The van der Waals surface area contributed by atoms with Crippen LogP contribution in [-0.4, -0.2) is 50.2 Å². The van der Waals surface area contributed by atoms with Gasteiger partial charge in [0.1, 0.15) is 17.4 Å². The van der Waals surface area contributed by atoms with Gasteiger partial charge in [0.05, 0.1) is 19.8 Å². The Kier molecular flexibility index (Phi) is 6.70. The number of aryl methyl sites for hydroxylation is 1. The van der Waals surface area contributed by atoms with Gasteiger partial charge in [-0.25, -0.2) is 9.67 Å². The van der Waals surface area contributed by atoms with E-state index in [1.165, 1.54) is 0 Å². The number of methoxy groups -OCH3 is 1. The average molecular weight is 362 g/mol. The molecule has 0 saturated heterocycles. The smallest absolute Gasteiger partial charge is 0.300 e. The first kappa shape index (κ1) is 19.9. The number of hydrogen-bond donors (Lipinski definition) is 3. The van der Waals surface area contributed by atoms with Crippen molar-refractivity contribution in [3.8, 4) is 5.75 Å². The summed E-state index contributed by atoms with van der Waals surface area (Å²) >= 11 is 0. The number of aliphatic hydroxyl groups is 1. The molecule has 1 heterocycles.